The smallest absolute Gasteiger partial charge is 0.0641 e. The molecular weight excluding hydrogens is 202 g/mol. The molecule has 2 N–H and O–H groups in total. The first-order chi connectivity index (χ1) is 7.60. The molecule has 1 atom stereocenters. The Balaban J connectivity index is 2.79. The molecule has 0 fully saturated rings. The molecule has 0 spiro atoms. The third-order valence-corrected chi connectivity index (χ3v) is 2.88. The Hall–Kier alpha value is -0.870. The largest absolute Gasteiger partial charge is 0.396 e. The molecule has 0 aromatic carbocycles. The van der Waals surface area contributed by atoms with Crippen molar-refractivity contribution in [2.45, 2.75) is 40.8 Å². The third kappa shape index (κ3) is 3.06. The van der Waals surface area contributed by atoms with E-state index in [0.717, 1.165) is 25.3 Å². The van der Waals surface area contributed by atoms with Gasteiger partial charge in [0.2, 0.25) is 0 Å². The lowest BCUT2D eigenvalue weighted by Gasteiger charge is -2.10. The minimum absolute atomic E-state index is 0.209. The van der Waals surface area contributed by atoms with Crippen molar-refractivity contribution in [3.63, 3.8) is 0 Å². The lowest BCUT2D eigenvalue weighted by Crippen LogP contribution is -2.15. The predicted molar refractivity (Wildman–Crippen MR) is 65.3 cm³/mol. The molecule has 1 aromatic heterocycles. The van der Waals surface area contributed by atoms with Crippen LogP contribution >= 0.6 is 0 Å². The Kier molecular flexibility index (Phi) is 4.96. The van der Waals surface area contributed by atoms with E-state index in [9.17, 15) is 0 Å². The molecule has 0 saturated heterocycles. The van der Waals surface area contributed by atoms with Crippen LogP contribution in [0.3, 0.4) is 0 Å². The molecule has 4 nitrogen and oxygen atoms in total. The number of hydrogen-bond acceptors (Lipinski definition) is 3. The van der Waals surface area contributed by atoms with Gasteiger partial charge in [0.25, 0.3) is 0 Å². The van der Waals surface area contributed by atoms with Gasteiger partial charge in [-0.3, -0.25) is 4.68 Å². The second-order valence-corrected chi connectivity index (χ2v) is 4.40. The number of rotatable bonds is 6. The van der Waals surface area contributed by atoms with Gasteiger partial charge in [-0.05, 0) is 26.3 Å². The maximum Gasteiger partial charge on any atom is 0.0641 e. The molecular formula is C12H23N3O. The molecule has 16 heavy (non-hydrogen) atoms. The minimum Gasteiger partial charge on any atom is -0.396 e. The molecule has 1 unspecified atom stereocenters. The molecule has 0 aliphatic carbocycles. The van der Waals surface area contributed by atoms with Gasteiger partial charge in [-0.1, -0.05) is 13.8 Å². The molecule has 0 saturated carbocycles. The van der Waals surface area contributed by atoms with Crippen LogP contribution in [0.15, 0.2) is 0 Å². The molecule has 4 heteroatoms. The molecule has 0 radical (unpaired) electrons. The normalized spacial score (nSPS) is 13.1. The van der Waals surface area contributed by atoms with Crippen molar-refractivity contribution >= 4 is 0 Å². The molecule has 1 rings (SSSR count). The van der Waals surface area contributed by atoms with Crippen LogP contribution in [0.1, 0.15) is 30.8 Å². The van der Waals surface area contributed by atoms with Gasteiger partial charge in [-0.15, -0.1) is 0 Å². The zero-order valence-electron chi connectivity index (χ0n) is 10.7. The van der Waals surface area contributed by atoms with Gasteiger partial charge in [0.15, 0.2) is 0 Å². The zero-order chi connectivity index (χ0) is 12.1. The van der Waals surface area contributed by atoms with Gasteiger partial charge in [-0.2, -0.15) is 5.10 Å². The summed E-state index contributed by atoms with van der Waals surface area (Å²) >= 11 is 0. The van der Waals surface area contributed by atoms with Crippen LogP contribution in [0.4, 0.5) is 0 Å². The van der Waals surface area contributed by atoms with E-state index >= 15 is 0 Å². The van der Waals surface area contributed by atoms with Gasteiger partial charge >= 0.3 is 0 Å². The van der Waals surface area contributed by atoms with E-state index in [1.54, 1.807) is 0 Å². The van der Waals surface area contributed by atoms with E-state index in [2.05, 4.69) is 24.3 Å². The molecule has 0 bridgehead atoms. The van der Waals surface area contributed by atoms with Crippen molar-refractivity contribution in [1.82, 2.24) is 15.1 Å². The number of nitrogens with zero attached hydrogens (tertiary/aromatic N) is 2. The highest BCUT2D eigenvalue weighted by Crippen LogP contribution is 2.14. The van der Waals surface area contributed by atoms with Crippen LogP contribution in [-0.2, 0) is 13.1 Å². The molecule has 1 aromatic rings. The van der Waals surface area contributed by atoms with Crippen LogP contribution < -0.4 is 5.32 Å². The Bertz CT molecular complexity index is 333. The van der Waals surface area contributed by atoms with Crippen molar-refractivity contribution < 1.29 is 5.11 Å². The van der Waals surface area contributed by atoms with E-state index in [1.165, 1.54) is 11.3 Å². The van der Waals surface area contributed by atoms with E-state index in [4.69, 9.17) is 5.11 Å². The standard InChI is InChI=1S/C12H23N3O/c1-5-13-6-12-10(3)14-15(11(12)4)7-9(2)8-16/h9,13,16H,5-8H2,1-4H3. The third-order valence-electron chi connectivity index (χ3n) is 2.88. The van der Waals surface area contributed by atoms with Crippen molar-refractivity contribution in [3.05, 3.63) is 17.0 Å². The van der Waals surface area contributed by atoms with Gasteiger partial charge in [-0.25, -0.2) is 0 Å². The van der Waals surface area contributed by atoms with Gasteiger partial charge in [0, 0.05) is 31.0 Å². The number of nitrogens with one attached hydrogen (secondary N) is 1. The van der Waals surface area contributed by atoms with Crippen LogP contribution in [-0.4, -0.2) is 28.0 Å². The van der Waals surface area contributed by atoms with Crippen molar-refractivity contribution in [3.8, 4) is 0 Å². The Morgan fingerprint density at radius 3 is 2.69 bits per heavy atom. The average Bonchev–Trinajstić information content (AvgIpc) is 2.52. The van der Waals surface area contributed by atoms with Gasteiger partial charge < -0.3 is 10.4 Å². The highest BCUT2D eigenvalue weighted by molar-refractivity contribution is 5.24. The Labute approximate surface area is 97.7 Å². The molecule has 92 valence electrons. The lowest BCUT2D eigenvalue weighted by molar-refractivity contribution is 0.218. The molecule has 0 amide bonds. The van der Waals surface area contributed by atoms with Gasteiger partial charge in [0.05, 0.1) is 5.69 Å². The Morgan fingerprint density at radius 2 is 2.12 bits per heavy atom. The SMILES string of the molecule is CCNCc1c(C)nn(CC(C)CO)c1C. The summed E-state index contributed by atoms with van der Waals surface area (Å²) in [5, 5.41) is 16.9. The van der Waals surface area contributed by atoms with Crippen LogP contribution in [0.5, 0.6) is 0 Å². The van der Waals surface area contributed by atoms with Crippen LogP contribution in [0, 0.1) is 19.8 Å². The second-order valence-electron chi connectivity index (χ2n) is 4.40. The Morgan fingerprint density at radius 1 is 1.44 bits per heavy atom. The number of aromatic nitrogens is 2. The number of hydrogen-bond donors (Lipinski definition) is 2. The summed E-state index contributed by atoms with van der Waals surface area (Å²) < 4.78 is 2.00. The van der Waals surface area contributed by atoms with E-state index in [-0.39, 0.29) is 12.5 Å². The van der Waals surface area contributed by atoms with E-state index < -0.39 is 0 Å². The van der Waals surface area contributed by atoms with Gasteiger partial charge in [0.1, 0.15) is 0 Å². The first kappa shape index (κ1) is 13.2. The van der Waals surface area contributed by atoms with E-state index in [0.29, 0.717) is 0 Å². The summed E-state index contributed by atoms with van der Waals surface area (Å²) in [6.07, 6.45) is 0. The van der Waals surface area contributed by atoms with Crippen molar-refractivity contribution in [1.29, 1.82) is 0 Å². The van der Waals surface area contributed by atoms with Crippen LogP contribution in [0.25, 0.3) is 0 Å². The molecule has 0 aliphatic rings. The number of aliphatic hydroxyl groups excluding tert-OH is 1. The lowest BCUT2D eigenvalue weighted by atomic mass is 10.2. The average molecular weight is 225 g/mol. The van der Waals surface area contributed by atoms with Crippen molar-refractivity contribution in [2.24, 2.45) is 5.92 Å². The van der Waals surface area contributed by atoms with E-state index in [1.807, 2.05) is 18.5 Å². The first-order valence-corrected chi connectivity index (χ1v) is 5.94. The number of aryl methyl sites for hydroxylation is 1. The summed E-state index contributed by atoms with van der Waals surface area (Å²) in [7, 11) is 0. The monoisotopic (exact) mass is 225 g/mol. The summed E-state index contributed by atoms with van der Waals surface area (Å²) in [4.78, 5) is 0. The first-order valence-electron chi connectivity index (χ1n) is 5.94. The number of aliphatic hydroxyl groups is 1. The summed E-state index contributed by atoms with van der Waals surface area (Å²) in [5.74, 6) is 0.255. The maximum atomic E-state index is 9.05. The zero-order valence-corrected chi connectivity index (χ0v) is 10.7. The fourth-order valence-electron chi connectivity index (χ4n) is 1.77. The quantitative estimate of drug-likeness (QED) is 0.766. The fraction of sp³-hybridized carbons (Fsp3) is 0.750. The predicted octanol–water partition coefficient (Wildman–Crippen LogP) is 1.24. The van der Waals surface area contributed by atoms with Crippen LogP contribution in [0.2, 0.25) is 0 Å². The highest BCUT2D eigenvalue weighted by Gasteiger charge is 2.12. The van der Waals surface area contributed by atoms with Crippen molar-refractivity contribution in [2.75, 3.05) is 13.2 Å². The summed E-state index contributed by atoms with van der Waals surface area (Å²) in [6, 6.07) is 0. The molecule has 1 heterocycles. The summed E-state index contributed by atoms with van der Waals surface area (Å²) in [5.41, 5.74) is 3.58. The topological polar surface area (TPSA) is 50.1 Å². The molecule has 0 aliphatic heterocycles. The fourth-order valence-corrected chi connectivity index (χ4v) is 1.77. The maximum absolute atomic E-state index is 9.05. The summed E-state index contributed by atoms with van der Waals surface area (Å²) in [6.45, 7) is 11.1. The second kappa shape index (κ2) is 6.01. The minimum atomic E-state index is 0.209. The highest BCUT2D eigenvalue weighted by atomic mass is 16.3.